The van der Waals surface area contributed by atoms with Gasteiger partial charge in [-0.2, -0.15) is 0 Å². The lowest BCUT2D eigenvalue weighted by atomic mass is 10.0. The van der Waals surface area contributed by atoms with Gasteiger partial charge in [0.25, 0.3) is 0 Å². The molecule has 0 aromatic heterocycles. The number of rotatable bonds is 7. The van der Waals surface area contributed by atoms with Gasteiger partial charge < -0.3 is 5.11 Å². The standard InChI is InChI=1S/C18H27NO2/c1-8-17(14(6)9-12(2)3)19-11-16(15(7)20)18(21)10-13(4)5/h8-9,11,13,21H,2,10H2,1,3-7H3/b14-9-,17-8+,18-16?,19-11?. The van der Waals surface area contributed by atoms with Crippen LogP contribution >= 0.6 is 0 Å². The van der Waals surface area contributed by atoms with Crippen molar-refractivity contribution in [3.05, 3.63) is 46.9 Å². The minimum Gasteiger partial charge on any atom is -0.511 e. The number of carbonyl (C=O) groups excluding carboxylic acids is 1. The van der Waals surface area contributed by atoms with E-state index in [4.69, 9.17) is 0 Å². The first kappa shape index (κ1) is 19.1. The number of aliphatic hydroxyl groups excluding tert-OH is 1. The fourth-order valence-corrected chi connectivity index (χ4v) is 1.85. The molecule has 0 aromatic carbocycles. The fraction of sp³-hybridized carbons (Fsp3) is 0.444. The van der Waals surface area contributed by atoms with Crippen LogP contribution in [0.15, 0.2) is 51.9 Å². The molecule has 0 aromatic rings. The third-order valence-corrected chi connectivity index (χ3v) is 2.76. The molecule has 0 fully saturated rings. The summed E-state index contributed by atoms with van der Waals surface area (Å²) in [6.45, 7) is 15.0. The number of aliphatic imine (C=N–C) groups is 1. The molecule has 3 nitrogen and oxygen atoms in total. The molecule has 0 aliphatic carbocycles. The third kappa shape index (κ3) is 7.45. The molecular weight excluding hydrogens is 262 g/mol. The maximum Gasteiger partial charge on any atom is 0.164 e. The Morgan fingerprint density at radius 2 is 1.86 bits per heavy atom. The Balaban J connectivity index is 5.45. The second kappa shape index (κ2) is 9.11. The van der Waals surface area contributed by atoms with E-state index in [0.717, 1.165) is 16.8 Å². The van der Waals surface area contributed by atoms with Gasteiger partial charge in [0, 0.05) is 12.6 Å². The van der Waals surface area contributed by atoms with Crippen molar-refractivity contribution in [2.75, 3.05) is 0 Å². The Bertz CT molecular complexity index is 517. The van der Waals surface area contributed by atoms with Crippen LogP contribution in [-0.2, 0) is 4.79 Å². The monoisotopic (exact) mass is 289 g/mol. The van der Waals surface area contributed by atoms with E-state index in [9.17, 15) is 9.90 Å². The summed E-state index contributed by atoms with van der Waals surface area (Å²) >= 11 is 0. The third-order valence-electron chi connectivity index (χ3n) is 2.76. The molecule has 1 N–H and O–H groups in total. The van der Waals surface area contributed by atoms with Crippen LogP contribution in [0.4, 0.5) is 0 Å². The van der Waals surface area contributed by atoms with Gasteiger partial charge in [-0.15, -0.1) is 0 Å². The Kier molecular flexibility index (Phi) is 8.29. The van der Waals surface area contributed by atoms with Crippen molar-refractivity contribution in [1.82, 2.24) is 0 Å². The molecule has 0 radical (unpaired) electrons. The maximum absolute atomic E-state index is 11.7. The van der Waals surface area contributed by atoms with Gasteiger partial charge in [-0.1, -0.05) is 38.2 Å². The molecule has 0 unspecified atom stereocenters. The van der Waals surface area contributed by atoms with E-state index in [1.807, 2.05) is 46.8 Å². The van der Waals surface area contributed by atoms with E-state index in [1.165, 1.54) is 13.1 Å². The zero-order valence-corrected chi connectivity index (χ0v) is 14.0. The predicted octanol–water partition coefficient (Wildman–Crippen LogP) is 4.93. The number of nitrogens with zero attached hydrogens (tertiary/aromatic N) is 1. The minimum atomic E-state index is -0.186. The van der Waals surface area contributed by atoms with Gasteiger partial charge in [0.15, 0.2) is 5.78 Å². The highest BCUT2D eigenvalue weighted by Crippen LogP contribution is 2.16. The Morgan fingerprint density at radius 3 is 2.24 bits per heavy atom. The van der Waals surface area contributed by atoms with Crippen LogP contribution in [0.2, 0.25) is 0 Å². The lowest BCUT2D eigenvalue weighted by Crippen LogP contribution is -2.05. The van der Waals surface area contributed by atoms with Gasteiger partial charge in [0.2, 0.25) is 0 Å². The second-order valence-electron chi connectivity index (χ2n) is 5.62. The van der Waals surface area contributed by atoms with Crippen molar-refractivity contribution in [3.63, 3.8) is 0 Å². The molecule has 0 saturated heterocycles. The van der Waals surface area contributed by atoms with Crippen LogP contribution < -0.4 is 0 Å². The highest BCUT2D eigenvalue weighted by atomic mass is 16.3. The van der Waals surface area contributed by atoms with Crippen molar-refractivity contribution < 1.29 is 9.90 Å². The molecule has 0 saturated carbocycles. The molecule has 0 heterocycles. The quantitative estimate of drug-likeness (QED) is 0.312. The zero-order chi connectivity index (χ0) is 16.6. The lowest BCUT2D eigenvalue weighted by molar-refractivity contribution is -0.113. The van der Waals surface area contributed by atoms with Crippen LogP contribution in [0.25, 0.3) is 0 Å². The average molecular weight is 289 g/mol. The summed E-state index contributed by atoms with van der Waals surface area (Å²) in [4.78, 5) is 16.0. The molecule has 0 amide bonds. The van der Waals surface area contributed by atoms with E-state index < -0.39 is 0 Å². The Hall–Kier alpha value is -1.90. The van der Waals surface area contributed by atoms with Crippen LogP contribution in [0.5, 0.6) is 0 Å². The summed E-state index contributed by atoms with van der Waals surface area (Å²) in [5.74, 6) is 0.186. The number of hydrogen-bond donors (Lipinski definition) is 1. The summed E-state index contributed by atoms with van der Waals surface area (Å²) in [5.41, 5.74) is 2.93. The molecule has 116 valence electrons. The normalized spacial score (nSPS) is 14.6. The molecule has 0 rings (SSSR count). The Morgan fingerprint density at radius 1 is 1.29 bits per heavy atom. The van der Waals surface area contributed by atoms with Gasteiger partial charge in [0.05, 0.1) is 11.3 Å². The molecular formula is C18H27NO2. The average Bonchev–Trinajstić information content (AvgIpc) is 2.31. The van der Waals surface area contributed by atoms with Gasteiger partial charge in [0.1, 0.15) is 5.76 Å². The first-order chi connectivity index (χ1) is 9.68. The highest BCUT2D eigenvalue weighted by Gasteiger charge is 2.10. The van der Waals surface area contributed by atoms with Gasteiger partial charge >= 0.3 is 0 Å². The highest BCUT2D eigenvalue weighted by molar-refractivity contribution is 6.12. The van der Waals surface area contributed by atoms with Crippen molar-refractivity contribution in [2.45, 2.75) is 48.0 Å². The van der Waals surface area contributed by atoms with Crippen molar-refractivity contribution >= 4 is 12.0 Å². The number of Topliss-reactive ketones (excluding diaryl/α,β-unsaturated/α-hetero) is 1. The molecule has 21 heavy (non-hydrogen) atoms. The summed E-state index contributed by atoms with van der Waals surface area (Å²) in [6.07, 6.45) is 5.71. The van der Waals surface area contributed by atoms with Gasteiger partial charge in [-0.25, -0.2) is 0 Å². The number of carbonyl (C=O) groups is 1. The van der Waals surface area contributed by atoms with E-state index >= 15 is 0 Å². The summed E-state index contributed by atoms with van der Waals surface area (Å²) in [7, 11) is 0. The molecule has 0 aliphatic heterocycles. The molecule has 0 atom stereocenters. The SMILES string of the molecule is C=C(C)/C=C(C)\C(=C/C)N=CC(C(C)=O)=C(O)CC(C)C. The zero-order valence-electron chi connectivity index (χ0n) is 14.0. The van der Waals surface area contributed by atoms with E-state index in [-0.39, 0.29) is 23.0 Å². The predicted molar refractivity (Wildman–Crippen MR) is 90.6 cm³/mol. The van der Waals surface area contributed by atoms with Crippen molar-refractivity contribution in [1.29, 1.82) is 0 Å². The van der Waals surface area contributed by atoms with E-state index in [1.54, 1.807) is 0 Å². The molecule has 3 heteroatoms. The van der Waals surface area contributed by atoms with Crippen LogP contribution in [0, 0.1) is 5.92 Å². The second-order valence-corrected chi connectivity index (χ2v) is 5.62. The Labute approximate surface area is 128 Å². The fourth-order valence-electron chi connectivity index (χ4n) is 1.85. The number of aliphatic hydroxyl groups is 1. The van der Waals surface area contributed by atoms with Crippen LogP contribution in [0.3, 0.4) is 0 Å². The summed E-state index contributed by atoms with van der Waals surface area (Å²) in [5, 5.41) is 10.0. The van der Waals surface area contributed by atoms with Gasteiger partial charge in [-0.05, 0) is 39.2 Å². The van der Waals surface area contributed by atoms with Crippen LogP contribution in [-0.4, -0.2) is 17.1 Å². The number of hydrogen-bond acceptors (Lipinski definition) is 3. The number of allylic oxidation sites excluding steroid dienone is 6. The van der Waals surface area contributed by atoms with Gasteiger partial charge in [-0.3, -0.25) is 9.79 Å². The van der Waals surface area contributed by atoms with Crippen molar-refractivity contribution in [2.24, 2.45) is 10.9 Å². The topological polar surface area (TPSA) is 49.7 Å². The first-order valence-electron chi connectivity index (χ1n) is 7.16. The largest absolute Gasteiger partial charge is 0.511 e. The minimum absolute atomic E-state index is 0.0956. The maximum atomic E-state index is 11.7. The molecule has 0 spiro atoms. The summed E-state index contributed by atoms with van der Waals surface area (Å²) < 4.78 is 0. The van der Waals surface area contributed by atoms with E-state index in [0.29, 0.717) is 6.42 Å². The molecule has 0 aliphatic rings. The smallest absolute Gasteiger partial charge is 0.164 e. The number of ketones is 1. The first-order valence-corrected chi connectivity index (χ1v) is 7.16. The summed E-state index contributed by atoms with van der Waals surface area (Å²) in [6, 6.07) is 0. The van der Waals surface area contributed by atoms with Crippen molar-refractivity contribution in [3.8, 4) is 0 Å². The molecule has 0 bridgehead atoms. The van der Waals surface area contributed by atoms with Crippen LogP contribution in [0.1, 0.15) is 48.0 Å². The lowest BCUT2D eigenvalue weighted by Gasteiger charge is -2.07. The van der Waals surface area contributed by atoms with E-state index in [2.05, 4.69) is 11.6 Å².